The van der Waals surface area contributed by atoms with E-state index in [0.717, 1.165) is 18.9 Å². The molecular weight excluding hydrogens is 224 g/mol. The zero-order valence-electron chi connectivity index (χ0n) is 10.6. The summed E-state index contributed by atoms with van der Waals surface area (Å²) in [4.78, 5) is 11.1. The van der Waals surface area contributed by atoms with Gasteiger partial charge in [-0.05, 0) is 30.7 Å². The number of piperidine rings is 1. The van der Waals surface area contributed by atoms with Crippen molar-refractivity contribution in [3.63, 3.8) is 0 Å². The highest BCUT2D eigenvalue weighted by atomic mass is 16.1. The van der Waals surface area contributed by atoms with Crippen LogP contribution in [0.3, 0.4) is 0 Å². The Hall–Kier alpha value is -1.35. The molecule has 1 saturated carbocycles. The van der Waals surface area contributed by atoms with E-state index in [0.29, 0.717) is 18.5 Å². The smallest absolute Gasteiger partial charge is 0.220 e. The molecule has 1 aliphatic carbocycles. The molecule has 1 unspecified atom stereocenters. The van der Waals surface area contributed by atoms with Gasteiger partial charge in [-0.1, -0.05) is 30.3 Å². The largest absolute Gasteiger partial charge is 0.355 e. The Kier molecular flexibility index (Phi) is 3.33. The Balaban J connectivity index is 1.44. The number of rotatable bonds is 3. The quantitative estimate of drug-likeness (QED) is 0.851. The van der Waals surface area contributed by atoms with Crippen molar-refractivity contribution in [1.29, 1.82) is 0 Å². The third-order valence-electron chi connectivity index (χ3n) is 4.15. The lowest BCUT2D eigenvalue weighted by atomic mass is 9.75. The first-order valence-electron chi connectivity index (χ1n) is 6.89. The van der Waals surface area contributed by atoms with Gasteiger partial charge in [0.2, 0.25) is 5.91 Å². The van der Waals surface area contributed by atoms with E-state index in [1.807, 2.05) is 0 Å². The summed E-state index contributed by atoms with van der Waals surface area (Å²) in [5.41, 5.74) is 1.47. The summed E-state index contributed by atoms with van der Waals surface area (Å²) in [5, 5.41) is 6.59. The summed E-state index contributed by atoms with van der Waals surface area (Å²) in [5.74, 6) is 0.922. The number of nitrogens with one attached hydrogen (secondary N) is 2. The average Bonchev–Trinajstić information content (AvgIpc) is 2.36. The average molecular weight is 244 g/mol. The molecule has 18 heavy (non-hydrogen) atoms. The summed E-state index contributed by atoms with van der Waals surface area (Å²) in [7, 11) is 0. The minimum atomic E-state index is 0.198. The monoisotopic (exact) mass is 244 g/mol. The molecule has 0 radical (unpaired) electrons. The van der Waals surface area contributed by atoms with Crippen LogP contribution < -0.4 is 10.6 Å². The fourth-order valence-electron chi connectivity index (χ4n) is 2.96. The molecule has 3 rings (SSSR count). The van der Waals surface area contributed by atoms with Gasteiger partial charge in [-0.3, -0.25) is 4.79 Å². The first-order valence-corrected chi connectivity index (χ1v) is 6.89. The van der Waals surface area contributed by atoms with Gasteiger partial charge in [-0.2, -0.15) is 0 Å². The summed E-state index contributed by atoms with van der Waals surface area (Å²) in [6, 6.07) is 11.9. The number of hydrogen-bond acceptors (Lipinski definition) is 2. The van der Waals surface area contributed by atoms with Crippen LogP contribution in [0, 0.1) is 0 Å². The highest BCUT2D eigenvalue weighted by molar-refractivity contribution is 5.76. The van der Waals surface area contributed by atoms with Crippen LogP contribution >= 0.6 is 0 Å². The second-order valence-corrected chi connectivity index (χ2v) is 5.48. The lowest BCUT2D eigenvalue weighted by Gasteiger charge is -2.39. The van der Waals surface area contributed by atoms with E-state index in [1.165, 1.54) is 18.4 Å². The lowest BCUT2D eigenvalue weighted by molar-refractivity contribution is -0.122. The highest BCUT2D eigenvalue weighted by Crippen LogP contribution is 2.37. The van der Waals surface area contributed by atoms with Crippen LogP contribution in [0.25, 0.3) is 0 Å². The Morgan fingerprint density at radius 3 is 2.56 bits per heavy atom. The first-order chi connectivity index (χ1) is 8.81. The molecule has 1 saturated heterocycles. The van der Waals surface area contributed by atoms with Gasteiger partial charge < -0.3 is 10.6 Å². The van der Waals surface area contributed by atoms with E-state index in [1.54, 1.807) is 0 Å². The molecule has 2 aliphatic rings. The van der Waals surface area contributed by atoms with Crippen LogP contribution in [-0.2, 0) is 4.79 Å². The number of hydrogen-bond donors (Lipinski definition) is 2. The molecule has 3 nitrogen and oxygen atoms in total. The van der Waals surface area contributed by atoms with Gasteiger partial charge >= 0.3 is 0 Å². The maximum absolute atomic E-state index is 11.1. The molecule has 1 heterocycles. The zero-order chi connectivity index (χ0) is 12.4. The molecule has 0 spiro atoms. The Bertz CT molecular complexity index is 402. The summed E-state index contributed by atoms with van der Waals surface area (Å²) in [6.07, 6.45) is 4.12. The van der Waals surface area contributed by atoms with Crippen LogP contribution in [0.2, 0.25) is 0 Å². The zero-order valence-corrected chi connectivity index (χ0v) is 10.6. The SMILES string of the molecule is O=C1CCC(NC2CC(c3ccccc3)C2)CN1. The van der Waals surface area contributed by atoms with E-state index in [4.69, 9.17) is 0 Å². The normalized spacial score (nSPS) is 31.6. The predicted molar refractivity (Wildman–Crippen MR) is 71.4 cm³/mol. The van der Waals surface area contributed by atoms with Crippen LogP contribution in [0.4, 0.5) is 0 Å². The fraction of sp³-hybridized carbons (Fsp3) is 0.533. The summed E-state index contributed by atoms with van der Waals surface area (Å²) >= 11 is 0. The van der Waals surface area contributed by atoms with E-state index >= 15 is 0 Å². The molecule has 3 heteroatoms. The van der Waals surface area contributed by atoms with Crippen LogP contribution in [0.5, 0.6) is 0 Å². The van der Waals surface area contributed by atoms with E-state index in [2.05, 4.69) is 41.0 Å². The van der Waals surface area contributed by atoms with Crippen LogP contribution in [-0.4, -0.2) is 24.5 Å². The molecule has 0 bridgehead atoms. The van der Waals surface area contributed by atoms with Gasteiger partial charge in [0.1, 0.15) is 0 Å². The number of benzene rings is 1. The molecule has 1 atom stereocenters. The molecule has 1 aromatic carbocycles. The molecule has 2 N–H and O–H groups in total. The highest BCUT2D eigenvalue weighted by Gasteiger charge is 2.32. The van der Waals surface area contributed by atoms with Crippen LogP contribution in [0.15, 0.2) is 30.3 Å². The maximum atomic E-state index is 11.1. The number of carbonyl (C=O) groups is 1. The lowest BCUT2D eigenvalue weighted by Crippen LogP contribution is -2.52. The van der Waals surface area contributed by atoms with E-state index < -0.39 is 0 Å². The fourth-order valence-corrected chi connectivity index (χ4v) is 2.96. The van der Waals surface area contributed by atoms with Crippen molar-refractivity contribution in [2.45, 2.75) is 43.7 Å². The molecular formula is C15H20N2O. The third kappa shape index (κ3) is 2.56. The van der Waals surface area contributed by atoms with Gasteiger partial charge in [0.25, 0.3) is 0 Å². The molecule has 96 valence electrons. The van der Waals surface area contributed by atoms with Gasteiger partial charge in [0.05, 0.1) is 0 Å². The van der Waals surface area contributed by atoms with E-state index in [9.17, 15) is 4.79 Å². The second-order valence-electron chi connectivity index (χ2n) is 5.48. The summed E-state index contributed by atoms with van der Waals surface area (Å²) in [6.45, 7) is 0.797. The Morgan fingerprint density at radius 1 is 1.11 bits per heavy atom. The number of carbonyl (C=O) groups excluding carboxylic acids is 1. The minimum absolute atomic E-state index is 0.198. The predicted octanol–water partition coefficient (Wildman–Crippen LogP) is 1.80. The van der Waals surface area contributed by atoms with Crippen molar-refractivity contribution >= 4 is 5.91 Å². The van der Waals surface area contributed by atoms with Gasteiger partial charge in [0.15, 0.2) is 0 Å². The topological polar surface area (TPSA) is 41.1 Å². The number of amides is 1. The Morgan fingerprint density at radius 2 is 1.89 bits per heavy atom. The third-order valence-corrected chi connectivity index (χ3v) is 4.15. The summed E-state index contributed by atoms with van der Waals surface area (Å²) < 4.78 is 0. The van der Waals surface area contributed by atoms with E-state index in [-0.39, 0.29) is 5.91 Å². The van der Waals surface area contributed by atoms with Crippen molar-refractivity contribution in [2.75, 3.05) is 6.54 Å². The van der Waals surface area contributed by atoms with Crippen molar-refractivity contribution in [3.8, 4) is 0 Å². The van der Waals surface area contributed by atoms with Crippen molar-refractivity contribution in [3.05, 3.63) is 35.9 Å². The van der Waals surface area contributed by atoms with Crippen molar-refractivity contribution in [1.82, 2.24) is 10.6 Å². The van der Waals surface area contributed by atoms with Gasteiger partial charge in [-0.15, -0.1) is 0 Å². The first kappa shape index (κ1) is 11.7. The molecule has 1 aromatic rings. The van der Waals surface area contributed by atoms with Crippen LogP contribution in [0.1, 0.15) is 37.2 Å². The standard InChI is InChI=1S/C15H20N2O/c18-15-7-6-13(10-16-15)17-14-8-12(9-14)11-4-2-1-3-5-11/h1-5,12-14,17H,6-10H2,(H,16,18). The molecule has 1 aliphatic heterocycles. The maximum Gasteiger partial charge on any atom is 0.220 e. The van der Waals surface area contributed by atoms with Crippen molar-refractivity contribution in [2.24, 2.45) is 0 Å². The van der Waals surface area contributed by atoms with Crippen molar-refractivity contribution < 1.29 is 4.79 Å². The molecule has 1 amide bonds. The van der Waals surface area contributed by atoms with Gasteiger partial charge in [0, 0.05) is 25.0 Å². The van der Waals surface area contributed by atoms with Gasteiger partial charge in [-0.25, -0.2) is 0 Å². The molecule has 0 aromatic heterocycles. The second kappa shape index (κ2) is 5.11. The Labute approximate surface area is 108 Å². The molecule has 2 fully saturated rings. The minimum Gasteiger partial charge on any atom is -0.355 e.